The molecular weight excluding hydrogens is 502 g/mol. The average molecular weight is 536 g/mol. The lowest BCUT2D eigenvalue weighted by atomic mass is 10.0. The first kappa shape index (κ1) is 28.0. The van der Waals surface area contributed by atoms with Gasteiger partial charge < -0.3 is 15.0 Å². The Morgan fingerprint density at radius 2 is 2.11 bits per heavy atom. The predicted octanol–water partition coefficient (Wildman–Crippen LogP) is 3.82. The molecule has 0 spiro atoms. The van der Waals surface area contributed by atoms with Crippen LogP contribution in [0.5, 0.6) is 5.75 Å². The Balaban J connectivity index is 1.58. The molecule has 3 atom stereocenters. The van der Waals surface area contributed by atoms with E-state index in [4.69, 9.17) is 4.74 Å². The molecule has 1 aromatic heterocycles. The molecule has 0 bridgehead atoms. The number of hydrazine groups is 1. The van der Waals surface area contributed by atoms with E-state index in [1.54, 1.807) is 30.4 Å². The Kier molecular flexibility index (Phi) is 8.69. The van der Waals surface area contributed by atoms with Gasteiger partial charge in [0.1, 0.15) is 18.0 Å². The van der Waals surface area contributed by atoms with Crippen LogP contribution in [0.15, 0.2) is 36.9 Å². The first-order valence-corrected chi connectivity index (χ1v) is 12.7. The molecule has 0 saturated carbocycles. The number of nitrogens with zero attached hydrogens (tertiary/aromatic N) is 3. The van der Waals surface area contributed by atoms with Crippen LogP contribution in [-0.4, -0.2) is 85.6 Å². The maximum Gasteiger partial charge on any atom is 0.417 e. The SMILES string of the molecule is C=C(c1nc(/C=C/CNC(=O)C2CNN(CC)C2)cc2c(O[C@@H]3CCN(C)C[C@@H]3F)cccc12)C(F)(F)F. The molecule has 4 rings (SSSR count). The number of pyridine rings is 1. The van der Waals surface area contributed by atoms with Crippen molar-refractivity contribution >= 4 is 28.3 Å². The zero-order valence-corrected chi connectivity index (χ0v) is 21.5. The van der Waals surface area contributed by atoms with Crippen LogP contribution in [0.1, 0.15) is 24.7 Å². The third-order valence-corrected chi connectivity index (χ3v) is 6.88. The van der Waals surface area contributed by atoms with Crippen molar-refractivity contribution in [3.05, 3.63) is 48.3 Å². The number of hydrogen-bond acceptors (Lipinski definition) is 6. The summed E-state index contributed by atoms with van der Waals surface area (Å²) in [5.41, 5.74) is 1.98. The van der Waals surface area contributed by atoms with Gasteiger partial charge in [-0.1, -0.05) is 31.7 Å². The van der Waals surface area contributed by atoms with E-state index in [1.165, 1.54) is 6.07 Å². The van der Waals surface area contributed by atoms with Crippen LogP contribution in [-0.2, 0) is 4.79 Å². The number of hydrogen-bond donors (Lipinski definition) is 2. The van der Waals surface area contributed by atoms with Gasteiger partial charge in [0.15, 0.2) is 0 Å². The minimum absolute atomic E-state index is 0.106. The zero-order chi connectivity index (χ0) is 27.4. The number of nitrogens with one attached hydrogen (secondary N) is 2. The van der Waals surface area contributed by atoms with E-state index in [1.807, 2.05) is 23.9 Å². The molecule has 0 radical (unpaired) electrons. The highest BCUT2D eigenvalue weighted by molar-refractivity contribution is 5.97. The summed E-state index contributed by atoms with van der Waals surface area (Å²) in [5.74, 6) is 0.00302. The number of fused-ring (bicyclic) bond motifs is 1. The van der Waals surface area contributed by atoms with Crippen molar-refractivity contribution in [1.82, 2.24) is 25.6 Å². The van der Waals surface area contributed by atoms with Crippen LogP contribution in [0.2, 0.25) is 0 Å². The molecule has 2 saturated heterocycles. The van der Waals surface area contributed by atoms with Gasteiger partial charge in [-0.05, 0) is 31.7 Å². The van der Waals surface area contributed by atoms with Crippen LogP contribution >= 0.6 is 0 Å². The maximum absolute atomic E-state index is 14.7. The number of halogens is 4. The summed E-state index contributed by atoms with van der Waals surface area (Å²) in [5, 5.41) is 5.39. The molecule has 1 aromatic carbocycles. The van der Waals surface area contributed by atoms with Gasteiger partial charge in [-0.3, -0.25) is 10.2 Å². The maximum atomic E-state index is 14.7. The van der Waals surface area contributed by atoms with Crippen molar-refractivity contribution in [2.75, 3.05) is 46.3 Å². The highest BCUT2D eigenvalue weighted by Gasteiger charge is 2.35. The van der Waals surface area contributed by atoms with Crippen LogP contribution in [0, 0.1) is 5.92 Å². The average Bonchev–Trinajstić information content (AvgIpc) is 3.36. The summed E-state index contributed by atoms with van der Waals surface area (Å²) in [6, 6.07) is 6.32. The van der Waals surface area contributed by atoms with Gasteiger partial charge in [0.05, 0.1) is 22.9 Å². The summed E-state index contributed by atoms with van der Waals surface area (Å²) in [4.78, 5) is 18.5. The molecular formula is C27H33F4N5O2. The number of piperidine rings is 1. The Morgan fingerprint density at radius 3 is 2.79 bits per heavy atom. The number of benzene rings is 1. The number of carbonyl (C=O) groups excluding carboxylic acids is 1. The number of carbonyl (C=O) groups is 1. The summed E-state index contributed by atoms with van der Waals surface area (Å²) in [7, 11) is 1.83. The van der Waals surface area contributed by atoms with E-state index >= 15 is 0 Å². The van der Waals surface area contributed by atoms with E-state index in [-0.39, 0.29) is 47.4 Å². The van der Waals surface area contributed by atoms with Gasteiger partial charge in [0.2, 0.25) is 5.91 Å². The predicted molar refractivity (Wildman–Crippen MR) is 139 cm³/mol. The summed E-state index contributed by atoms with van der Waals surface area (Å²) >= 11 is 0. The third kappa shape index (κ3) is 6.51. The molecule has 11 heteroatoms. The Hall–Kier alpha value is -3.02. The molecule has 2 aliphatic heterocycles. The van der Waals surface area contributed by atoms with Crippen LogP contribution in [0.4, 0.5) is 17.6 Å². The second kappa shape index (κ2) is 11.8. The van der Waals surface area contributed by atoms with Crippen molar-refractivity contribution in [2.24, 2.45) is 5.92 Å². The summed E-state index contributed by atoms with van der Waals surface area (Å²) < 4.78 is 61.6. The van der Waals surface area contributed by atoms with Crippen molar-refractivity contribution in [3.8, 4) is 5.75 Å². The number of allylic oxidation sites excluding steroid dienone is 1. The number of rotatable bonds is 8. The normalized spacial score (nSPS) is 23.3. The molecule has 38 heavy (non-hydrogen) atoms. The highest BCUT2D eigenvalue weighted by atomic mass is 19.4. The van der Waals surface area contributed by atoms with Crippen LogP contribution in [0.3, 0.4) is 0 Å². The first-order valence-electron chi connectivity index (χ1n) is 12.7. The molecule has 7 nitrogen and oxygen atoms in total. The Morgan fingerprint density at radius 1 is 1.32 bits per heavy atom. The van der Waals surface area contributed by atoms with E-state index in [9.17, 15) is 22.4 Å². The second-order valence-electron chi connectivity index (χ2n) is 9.69. The standard InChI is InChI=1S/C27H33F4N5O2/c1-4-36-15-18(14-33-36)26(37)32-11-6-7-19-13-21-20(25(34-19)17(2)27(29,30)31)8-5-9-23(21)38-24-10-12-35(3)16-22(24)28/h5-9,13,18,22,24,33H,2,4,10-12,14-16H2,1,3H3,(H,32,37)/b7-6+/t18?,22-,24+/m0/s1. The Bertz CT molecular complexity index is 1200. The molecule has 2 aromatic rings. The lowest BCUT2D eigenvalue weighted by Gasteiger charge is -2.32. The fraction of sp³-hybridized carbons (Fsp3) is 0.481. The van der Waals surface area contributed by atoms with Crippen LogP contribution < -0.4 is 15.5 Å². The lowest BCUT2D eigenvalue weighted by Crippen LogP contribution is -2.45. The van der Waals surface area contributed by atoms with E-state index in [0.717, 1.165) is 6.54 Å². The fourth-order valence-electron chi connectivity index (χ4n) is 4.69. The summed E-state index contributed by atoms with van der Waals surface area (Å²) in [6.07, 6.45) is -2.99. The molecule has 2 N–H and O–H groups in total. The zero-order valence-electron chi connectivity index (χ0n) is 21.5. The second-order valence-corrected chi connectivity index (χ2v) is 9.69. The highest BCUT2D eigenvalue weighted by Crippen LogP contribution is 2.38. The smallest absolute Gasteiger partial charge is 0.417 e. The fourth-order valence-corrected chi connectivity index (χ4v) is 4.69. The molecule has 3 heterocycles. The Labute approximate surface area is 219 Å². The number of ether oxygens (including phenoxy) is 1. The minimum atomic E-state index is -4.69. The van der Waals surface area contributed by atoms with Gasteiger partial charge in [-0.2, -0.15) is 13.2 Å². The minimum Gasteiger partial charge on any atom is -0.487 e. The van der Waals surface area contributed by atoms with Gasteiger partial charge >= 0.3 is 6.18 Å². The van der Waals surface area contributed by atoms with Gasteiger partial charge in [-0.25, -0.2) is 14.4 Å². The number of alkyl halides is 4. The molecule has 206 valence electrons. The molecule has 0 aliphatic carbocycles. The van der Waals surface area contributed by atoms with Gasteiger partial charge in [-0.15, -0.1) is 0 Å². The topological polar surface area (TPSA) is 69.7 Å². The quantitative estimate of drug-likeness (QED) is 0.501. The molecule has 2 fully saturated rings. The van der Waals surface area contributed by atoms with E-state index < -0.39 is 24.0 Å². The number of amides is 1. The first-order chi connectivity index (χ1) is 18.1. The van der Waals surface area contributed by atoms with Crippen molar-refractivity contribution in [3.63, 3.8) is 0 Å². The summed E-state index contributed by atoms with van der Waals surface area (Å²) in [6.45, 7) is 8.26. The largest absolute Gasteiger partial charge is 0.487 e. The third-order valence-electron chi connectivity index (χ3n) is 6.88. The van der Waals surface area contributed by atoms with E-state index in [0.29, 0.717) is 31.4 Å². The number of likely N-dealkylation sites (tertiary alicyclic amines) is 1. The van der Waals surface area contributed by atoms with Crippen molar-refractivity contribution in [2.45, 2.75) is 31.8 Å². The van der Waals surface area contributed by atoms with Crippen molar-refractivity contribution < 1.29 is 27.1 Å². The monoisotopic (exact) mass is 535 g/mol. The molecule has 1 unspecified atom stereocenters. The van der Waals surface area contributed by atoms with Crippen LogP contribution in [0.25, 0.3) is 22.4 Å². The lowest BCUT2D eigenvalue weighted by molar-refractivity contribution is -0.124. The molecule has 2 aliphatic rings. The molecule has 1 amide bonds. The van der Waals surface area contributed by atoms with Crippen molar-refractivity contribution in [1.29, 1.82) is 0 Å². The van der Waals surface area contributed by atoms with E-state index in [2.05, 4.69) is 22.3 Å². The number of aromatic nitrogens is 1. The van der Waals surface area contributed by atoms with Gasteiger partial charge in [0.25, 0.3) is 0 Å². The van der Waals surface area contributed by atoms with Gasteiger partial charge in [0, 0.05) is 50.0 Å².